The molecule has 0 amide bonds. The summed E-state index contributed by atoms with van der Waals surface area (Å²) >= 11 is 0. The summed E-state index contributed by atoms with van der Waals surface area (Å²) in [5.41, 5.74) is 1.05. The van der Waals surface area contributed by atoms with Crippen LogP contribution in [0.4, 0.5) is 4.79 Å². The van der Waals surface area contributed by atoms with Crippen molar-refractivity contribution in [3.8, 4) is 0 Å². The van der Waals surface area contributed by atoms with Gasteiger partial charge in [-0.3, -0.25) is 4.79 Å². The molecule has 0 radical (unpaired) electrons. The molecular weight excluding hydrogens is 184 g/mol. The number of carboxylic acid groups (broad SMARTS) is 2. The van der Waals surface area contributed by atoms with Crippen molar-refractivity contribution in [1.29, 1.82) is 0 Å². The monoisotopic (exact) mass is 194 g/mol. The molecule has 0 bridgehead atoms. The SMILES string of the molecule is O=C(O)O.O=C/C=C/c1ccccc1. The Morgan fingerprint density at radius 3 is 2.07 bits per heavy atom. The smallest absolute Gasteiger partial charge is 0.450 e. The molecule has 0 aliphatic carbocycles. The Bertz CT molecular complexity index is 299. The van der Waals surface area contributed by atoms with Crippen LogP contribution in [0.5, 0.6) is 0 Å². The van der Waals surface area contributed by atoms with Gasteiger partial charge in [-0.15, -0.1) is 0 Å². The van der Waals surface area contributed by atoms with E-state index < -0.39 is 6.16 Å². The van der Waals surface area contributed by atoms with Crippen molar-refractivity contribution in [3.05, 3.63) is 42.0 Å². The van der Waals surface area contributed by atoms with Gasteiger partial charge in [0.25, 0.3) is 0 Å². The molecule has 0 heterocycles. The van der Waals surface area contributed by atoms with Crippen molar-refractivity contribution in [1.82, 2.24) is 0 Å². The van der Waals surface area contributed by atoms with Gasteiger partial charge in [0.1, 0.15) is 6.29 Å². The molecule has 0 fully saturated rings. The lowest BCUT2D eigenvalue weighted by Crippen LogP contribution is -1.81. The number of carbonyl (C=O) groups excluding carboxylic acids is 1. The highest BCUT2D eigenvalue weighted by Crippen LogP contribution is 1.99. The molecule has 0 saturated heterocycles. The van der Waals surface area contributed by atoms with E-state index in [9.17, 15) is 4.79 Å². The minimum atomic E-state index is -1.83. The lowest BCUT2D eigenvalue weighted by molar-refractivity contribution is -0.104. The fourth-order valence-electron chi connectivity index (χ4n) is 0.715. The van der Waals surface area contributed by atoms with Crippen LogP contribution < -0.4 is 0 Å². The molecule has 14 heavy (non-hydrogen) atoms. The van der Waals surface area contributed by atoms with E-state index in [0.717, 1.165) is 11.8 Å². The largest absolute Gasteiger partial charge is 0.503 e. The van der Waals surface area contributed by atoms with Crippen LogP contribution in [0.1, 0.15) is 5.56 Å². The fraction of sp³-hybridized carbons (Fsp3) is 0. The third-order valence-electron chi connectivity index (χ3n) is 1.17. The molecule has 0 saturated carbocycles. The van der Waals surface area contributed by atoms with E-state index in [0.29, 0.717) is 0 Å². The average Bonchev–Trinajstić information content (AvgIpc) is 2.15. The molecule has 1 aromatic carbocycles. The zero-order valence-corrected chi connectivity index (χ0v) is 7.33. The molecule has 0 aliphatic rings. The normalized spacial score (nSPS) is 8.86. The minimum absolute atomic E-state index is 0.771. The molecule has 1 aromatic rings. The summed E-state index contributed by atoms with van der Waals surface area (Å²) in [5.74, 6) is 0. The second kappa shape index (κ2) is 7.54. The molecule has 0 aliphatic heterocycles. The van der Waals surface area contributed by atoms with Gasteiger partial charge in [-0.2, -0.15) is 0 Å². The first kappa shape index (κ1) is 11.9. The van der Waals surface area contributed by atoms with Gasteiger partial charge < -0.3 is 10.2 Å². The van der Waals surface area contributed by atoms with Crippen molar-refractivity contribution in [3.63, 3.8) is 0 Å². The Labute approximate surface area is 81.1 Å². The summed E-state index contributed by atoms with van der Waals surface area (Å²) in [6.07, 6.45) is 2.19. The third-order valence-corrected chi connectivity index (χ3v) is 1.17. The molecule has 0 aromatic heterocycles. The van der Waals surface area contributed by atoms with Gasteiger partial charge in [0.15, 0.2) is 0 Å². The van der Waals surface area contributed by atoms with Crippen LogP contribution in [0.2, 0.25) is 0 Å². The second-order valence-electron chi connectivity index (χ2n) is 2.19. The first-order valence-corrected chi connectivity index (χ1v) is 3.75. The van der Waals surface area contributed by atoms with E-state index in [1.54, 1.807) is 6.08 Å². The van der Waals surface area contributed by atoms with Crippen molar-refractivity contribution in [2.75, 3.05) is 0 Å². The van der Waals surface area contributed by atoms with Crippen molar-refractivity contribution >= 4 is 18.5 Å². The number of rotatable bonds is 2. The number of carbonyl (C=O) groups is 2. The highest BCUT2D eigenvalue weighted by Gasteiger charge is 1.79. The van der Waals surface area contributed by atoms with Gasteiger partial charge in [0.05, 0.1) is 0 Å². The number of benzene rings is 1. The van der Waals surface area contributed by atoms with E-state index in [-0.39, 0.29) is 0 Å². The highest BCUT2D eigenvalue weighted by molar-refractivity contribution is 5.73. The van der Waals surface area contributed by atoms with Crippen LogP contribution in [0, 0.1) is 0 Å². The molecule has 1 rings (SSSR count). The van der Waals surface area contributed by atoms with E-state index in [1.165, 1.54) is 6.08 Å². The molecule has 74 valence electrons. The average molecular weight is 194 g/mol. The topological polar surface area (TPSA) is 74.6 Å². The van der Waals surface area contributed by atoms with Gasteiger partial charge in [0.2, 0.25) is 0 Å². The van der Waals surface area contributed by atoms with Crippen LogP contribution in [0.15, 0.2) is 36.4 Å². The maximum atomic E-state index is 9.89. The zero-order valence-electron chi connectivity index (χ0n) is 7.33. The van der Waals surface area contributed by atoms with Crippen LogP contribution >= 0.6 is 0 Å². The van der Waals surface area contributed by atoms with Gasteiger partial charge in [-0.25, -0.2) is 4.79 Å². The standard InChI is InChI=1S/C9H8O.CH2O3/c10-8-4-7-9-5-2-1-3-6-9;2-1(3)4/h1-8H;(H2,2,3,4)/b7-4+;. The van der Waals surface area contributed by atoms with Crippen LogP contribution in [0.3, 0.4) is 0 Å². The van der Waals surface area contributed by atoms with E-state index in [2.05, 4.69) is 0 Å². The first-order chi connectivity index (χ1) is 6.66. The Morgan fingerprint density at radius 2 is 1.64 bits per heavy atom. The number of aldehydes is 1. The van der Waals surface area contributed by atoms with Gasteiger partial charge in [-0.05, 0) is 11.6 Å². The molecule has 4 nitrogen and oxygen atoms in total. The number of hydrogen-bond donors (Lipinski definition) is 2. The minimum Gasteiger partial charge on any atom is -0.450 e. The summed E-state index contributed by atoms with van der Waals surface area (Å²) in [5, 5.41) is 13.9. The fourth-order valence-corrected chi connectivity index (χ4v) is 0.715. The maximum absolute atomic E-state index is 9.89. The van der Waals surface area contributed by atoms with Gasteiger partial charge in [-0.1, -0.05) is 36.4 Å². The second-order valence-corrected chi connectivity index (χ2v) is 2.19. The molecule has 0 unspecified atom stereocenters. The number of allylic oxidation sites excluding steroid dienone is 1. The summed E-state index contributed by atoms with van der Waals surface area (Å²) in [6, 6.07) is 9.70. The Morgan fingerprint density at radius 1 is 1.14 bits per heavy atom. The predicted octanol–water partition coefficient (Wildman–Crippen LogP) is 2.12. The molecule has 0 atom stereocenters. The summed E-state index contributed by atoms with van der Waals surface area (Å²) < 4.78 is 0. The summed E-state index contributed by atoms with van der Waals surface area (Å²) in [6.45, 7) is 0. The Hall–Kier alpha value is -2.10. The molecule has 2 N–H and O–H groups in total. The van der Waals surface area contributed by atoms with Crippen molar-refractivity contribution in [2.24, 2.45) is 0 Å². The van der Waals surface area contributed by atoms with E-state index in [4.69, 9.17) is 15.0 Å². The molecule has 0 spiro atoms. The lowest BCUT2D eigenvalue weighted by atomic mass is 10.2. The van der Waals surface area contributed by atoms with Crippen LogP contribution in [-0.2, 0) is 4.79 Å². The van der Waals surface area contributed by atoms with Crippen LogP contribution in [-0.4, -0.2) is 22.7 Å². The maximum Gasteiger partial charge on any atom is 0.503 e. The predicted molar refractivity (Wildman–Crippen MR) is 52.2 cm³/mol. The van der Waals surface area contributed by atoms with E-state index >= 15 is 0 Å². The lowest BCUT2D eigenvalue weighted by Gasteiger charge is -1.86. The quantitative estimate of drug-likeness (QED) is 0.558. The Balaban J connectivity index is 0.000000364. The summed E-state index contributed by atoms with van der Waals surface area (Å²) in [7, 11) is 0. The van der Waals surface area contributed by atoms with Gasteiger partial charge in [0, 0.05) is 0 Å². The van der Waals surface area contributed by atoms with Crippen molar-refractivity contribution in [2.45, 2.75) is 0 Å². The number of hydrogen-bond acceptors (Lipinski definition) is 2. The molecule has 4 heteroatoms. The first-order valence-electron chi connectivity index (χ1n) is 3.75. The Kier molecular flexibility index (Phi) is 6.41. The summed E-state index contributed by atoms with van der Waals surface area (Å²) in [4.78, 5) is 18.4. The third kappa shape index (κ3) is 8.00. The van der Waals surface area contributed by atoms with Gasteiger partial charge >= 0.3 is 6.16 Å². The van der Waals surface area contributed by atoms with Crippen LogP contribution in [0.25, 0.3) is 6.08 Å². The highest BCUT2D eigenvalue weighted by atomic mass is 16.6. The zero-order chi connectivity index (χ0) is 10.8. The van der Waals surface area contributed by atoms with Crippen molar-refractivity contribution < 1.29 is 19.8 Å². The molecular formula is C10H10O4. The van der Waals surface area contributed by atoms with E-state index in [1.807, 2.05) is 30.3 Å².